The van der Waals surface area contributed by atoms with E-state index in [1.807, 2.05) is 6.92 Å². The third-order valence-corrected chi connectivity index (χ3v) is 7.16. The zero-order chi connectivity index (χ0) is 30.2. The van der Waals surface area contributed by atoms with Crippen molar-refractivity contribution in [3.8, 4) is 23.0 Å². The van der Waals surface area contributed by atoms with Gasteiger partial charge in [0.05, 0.1) is 29.4 Å². The number of esters is 1. The van der Waals surface area contributed by atoms with Gasteiger partial charge in [0.25, 0.3) is 0 Å². The minimum atomic E-state index is -1.61. The van der Waals surface area contributed by atoms with Crippen LogP contribution in [0.5, 0.6) is 23.0 Å². The fourth-order valence-electron chi connectivity index (χ4n) is 5.23. The number of carbonyl (C=O) groups is 3. The normalized spacial score (nSPS) is 23.1. The van der Waals surface area contributed by atoms with Gasteiger partial charge < -0.3 is 50.0 Å². The van der Waals surface area contributed by atoms with Crippen LogP contribution in [0.4, 0.5) is 0 Å². The number of benzene rings is 2. The molecule has 4 rings (SSSR count). The van der Waals surface area contributed by atoms with E-state index in [2.05, 4.69) is 0 Å². The van der Waals surface area contributed by atoms with Crippen LogP contribution >= 0.6 is 0 Å². The van der Waals surface area contributed by atoms with E-state index in [0.717, 1.165) is 31.5 Å². The van der Waals surface area contributed by atoms with Crippen LogP contribution in [0.15, 0.2) is 18.2 Å². The Labute approximate surface area is 234 Å². The van der Waals surface area contributed by atoms with Crippen LogP contribution in [0.2, 0.25) is 0 Å². The summed E-state index contributed by atoms with van der Waals surface area (Å²) in [6.07, 6.45) is -6.73. The van der Waals surface area contributed by atoms with Gasteiger partial charge in [-0.2, -0.15) is 0 Å². The number of hydrogen-bond donors (Lipinski definition) is 7. The van der Waals surface area contributed by atoms with Crippen molar-refractivity contribution >= 4 is 17.5 Å². The summed E-state index contributed by atoms with van der Waals surface area (Å²) < 4.78 is 16.8. The lowest BCUT2D eigenvalue weighted by Gasteiger charge is -2.28. The Morgan fingerprint density at radius 3 is 2.32 bits per heavy atom. The standard InChI is InChI=1S/C28H32O13/c1-3-4-5-6-18(40-28-27(39-11(2)30)25(38)26(41-28)17(34)10-29)21-16(33)9-14-20(24(21)37)23(36)19-13(22(14)35)7-12(31)8-15(19)32/h7-9,17-18,25-29,31-34,37-38H,3-6,10H2,1-2H3/t17-,18+,25+,26+,27-,28-/m1/s1. The van der Waals surface area contributed by atoms with Crippen molar-refractivity contribution in [1.29, 1.82) is 0 Å². The summed E-state index contributed by atoms with van der Waals surface area (Å²) in [5.74, 6) is -5.14. The molecule has 13 heteroatoms. The highest BCUT2D eigenvalue weighted by atomic mass is 16.7. The maximum Gasteiger partial charge on any atom is 0.303 e. The van der Waals surface area contributed by atoms with Crippen LogP contribution in [0.1, 0.15) is 83.0 Å². The minimum absolute atomic E-state index is 0.127. The van der Waals surface area contributed by atoms with Gasteiger partial charge in [-0.15, -0.1) is 0 Å². The third-order valence-electron chi connectivity index (χ3n) is 7.16. The Morgan fingerprint density at radius 2 is 1.68 bits per heavy atom. The first-order valence-electron chi connectivity index (χ1n) is 13.1. The number of carbonyl (C=O) groups excluding carboxylic acids is 3. The van der Waals surface area contributed by atoms with E-state index in [1.54, 1.807) is 0 Å². The number of rotatable bonds is 10. The van der Waals surface area contributed by atoms with Crippen LogP contribution in [-0.4, -0.2) is 90.6 Å². The molecular weight excluding hydrogens is 544 g/mol. The molecule has 1 heterocycles. The first kappa shape index (κ1) is 30.2. The molecule has 7 N–H and O–H groups in total. The lowest BCUT2D eigenvalue weighted by molar-refractivity contribution is -0.213. The van der Waals surface area contributed by atoms with Crippen molar-refractivity contribution in [2.75, 3.05) is 6.61 Å². The second-order valence-electron chi connectivity index (χ2n) is 10.0. The Morgan fingerprint density at radius 1 is 1.00 bits per heavy atom. The van der Waals surface area contributed by atoms with Gasteiger partial charge in [-0.05, 0) is 18.6 Å². The molecule has 0 radical (unpaired) electrons. The third kappa shape index (κ3) is 5.59. The molecule has 0 saturated carbocycles. The first-order chi connectivity index (χ1) is 19.4. The Balaban J connectivity index is 1.79. The highest BCUT2D eigenvalue weighted by molar-refractivity contribution is 6.30. The molecule has 0 unspecified atom stereocenters. The zero-order valence-corrected chi connectivity index (χ0v) is 22.3. The van der Waals surface area contributed by atoms with Crippen molar-refractivity contribution in [2.45, 2.75) is 76.3 Å². The molecule has 1 aliphatic carbocycles. The largest absolute Gasteiger partial charge is 0.508 e. The van der Waals surface area contributed by atoms with E-state index in [0.29, 0.717) is 12.8 Å². The Hall–Kier alpha value is -3.75. The van der Waals surface area contributed by atoms with E-state index in [4.69, 9.17) is 14.2 Å². The number of aromatic hydroxyl groups is 4. The van der Waals surface area contributed by atoms with Crippen LogP contribution in [0, 0.1) is 0 Å². The molecule has 0 bridgehead atoms. The van der Waals surface area contributed by atoms with Crippen LogP contribution in [-0.2, 0) is 19.0 Å². The molecule has 222 valence electrons. The Bertz CT molecular complexity index is 1350. The number of phenolic OH excluding ortho intramolecular Hbond substituents is 4. The predicted molar refractivity (Wildman–Crippen MR) is 138 cm³/mol. The second-order valence-corrected chi connectivity index (χ2v) is 10.0. The quantitative estimate of drug-likeness (QED) is 0.134. The number of fused-ring (bicyclic) bond motifs is 2. The average Bonchev–Trinajstić information content (AvgIpc) is 3.20. The number of ether oxygens (including phenoxy) is 3. The molecule has 1 fully saturated rings. The minimum Gasteiger partial charge on any atom is -0.508 e. The van der Waals surface area contributed by atoms with E-state index < -0.39 is 95.1 Å². The summed E-state index contributed by atoms with van der Waals surface area (Å²) in [6.45, 7) is 2.23. The van der Waals surface area contributed by atoms with E-state index in [1.165, 1.54) is 0 Å². The van der Waals surface area contributed by atoms with E-state index >= 15 is 0 Å². The van der Waals surface area contributed by atoms with Gasteiger partial charge in [0, 0.05) is 24.1 Å². The molecule has 1 saturated heterocycles. The summed E-state index contributed by atoms with van der Waals surface area (Å²) in [5, 5.41) is 72.6. The summed E-state index contributed by atoms with van der Waals surface area (Å²) >= 11 is 0. The molecule has 0 aromatic heterocycles. The van der Waals surface area contributed by atoms with E-state index in [9.17, 15) is 50.1 Å². The number of ketones is 2. The van der Waals surface area contributed by atoms with Crippen LogP contribution in [0.3, 0.4) is 0 Å². The number of aliphatic hydroxyl groups excluding tert-OH is 3. The van der Waals surface area contributed by atoms with Crippen molar-refractivity contribution in [3.63, 3.8) is 0 Å². The molecule has 6 atom stereocenters. The Kier molecular flexibility index (Phi) is 8.85. The number of aliphatic hydroxyl groups is 3. The van der Waals surface area contributed by atoms with Crippen molar-refractivity contribution in [2.24, 2.45) is 0 Å². The van der Waals surface area contributed by atoms with Gasteiger partial charge in [0.2, 0.25) is 5.78 Å². The van der Waals surface area contributed by atoms with Crippen molar-refractivity contribution in [3.05, 3.63) is 46.0 Å². The molecule has 1 aliphatic heterocycles. The van der Waals surface area contributed by atoms with Crippen LogP contribution < -0.4 is 0 Å². The summed E-state index contributed by atoms with van der Waals surface area (Å²) in [7, 11) is 0. The van der Waals surface area contributed by atoms with Gasteiger partial charge in [-0.1, -0.05) is 26.2 Å². The summed E-state index contributed by atoms with van der Waals surface area (Å²) in [6, 6.07) is 2.84. The first-order valence-corrected chi connectivity index (χ1v) is 13.1. The monoisotopic (exact) mass is 576 g/mol. The van der Waals surface area contributed by atoms with Gasteiger partial charge in [0.15, 0.2) is 18.2 Å². The average molecular weight is 577 g/mol. The summed E-state index contributed by atoms with van der Waals surface area (Å²) in [5.41, 5.74) is -1.91. The van der Waals surface area contributed by atoms with Crippen molar-refractivity contribution < 1.29 is 64.3 Å². The SMILES string of the molecule is CCCCC[C@H](O[C@@H]1O[C@@H]([C@H](O)CO)[C@H](O)[C@H]1OC(C)=O)c1c(O)cc2c(c1O)C(=O)c1c(O)cc(O)cc1C2=O. The molecule has 2 aromatic carbocycles. The number of unbranched alkanes of at least 4 members (excludes halogenated alkanes) is 2. The molecule has 2 aliphatic rings. The molecule has 0 spiro atoms. The highest BCUT2D eigenvalue weighted by Gasteiger charge is 2.50. The van der Waals surface area contributed by atoms with Crippen LogP contribution in [0.25, 0.3) is 0 Å². The predicted octanol–water partition coefficient (Wildman–Crippen LogP) is 1.29. The lowest BCUT2D eigenvalue weighted by Crippen LogP contribution is -2.42. The van der Waals surface area contributed by atoms with Gasteiger partial charge in [0.1, 0.15) is 41.3 Å². The lowest BCUT2D eigenvalue weighted by atomic mass is 9.81. The molecule has 0 amide bonds. The fourth-order valence-corrected chi connectivity index (χ4v) is 5.23. The maximum atomic E-state index is 13.4. The smallest absolute Gasteiger partial charge is 0.303 e. The molecule has 2 aromatic rings. The van der Waals surface area contributed by atoms with Crippen molar-refractivity contribution in [1.82, 2.24) is 0 Å². The fraction of sp³-hybridized carbons (Fsp3) is 0.464. The topological polar surface area (TPSA) is 221 Å². The molecular formula is C28H32O13. The zero-order valence-electron chi connectivity index (χ0n) is 22.3. The summed E-state index contributed by atoms with van der Waals surface area (Å²) in [4.78, 5) is 38.3. The van der Waals surface area contributed by atoms with Gasteiger partial charge >= 0.3 is 5.97 Å². The number of hydrogen-bond acceptors (Lipinski definition) is 13. The van der Waals surface area contributed by atoms with E-state index in [-0.39, 0.29) is 23.1 Å². The molecule has 41 heavy (non-hydrogen) atoms. The number of phenols is 4. The highest BCUT2D eigenvalue weighted by Crippen LogP contribution is 2.47. The second kappa shape index (κ2) is 12.0. The maximum absolute atomic E-state index is 13.4. The van der Waals surface area contributed by atoms with Gasteiger partial charge in [-0.3, -0.25) is 14.4 Å². The molecule has 13 nitrogen and oxygen atoms in total. The van der Waals surface area contributed by atoms with Gasteiger partial charge in [-0.25, -0.2) is 0 Å².